The first-order chi connectivity index (χ1) is 15.5. The molecule has 4 rings (SSSR count). The lowest BCUT2D eigenvalue weighted by molar-refractivity contribution is -0.158. The molecule has 0 unspecified atom stereocenters. The third-order valence-corrected chi connectivity index (χ3v) is 4.64. The summed E-state index contributed by atoms with van der Waals surface area (Å²) in [5, 5.41) is 13.5. The van der Waals surface area contributed by atoms with E-state index in [2.05, 4.69) is 25.4 Å². The standard InChI is InChI=1S/C20H13F7N4O2/c21-14-7-11(5-12-8-16(33-17(12)14)18-28-30-31-29-18)2-1-10-3-4-15(32-9-19(22,23)24)13(6-10)20(25,26)27/h3-8H,1-2,9H2,(H,28,29,30,31). The Bertz CT molecular complexity index is 1260. The Hall–Kier alpha value is -3.64. The minimum absolute atomic E-state index is 0.0379. The number of tetrazole rings is 1. The van der Waals surface area contributed by atoms with E-state index >= 15 is 0 Å². The number of H-pyrrole nitrogens is 1. The number of alkyl halides is 6. The highest BCUT2D eigenvalue weighted by atomic mass is 19.4. The van der Waals surface area contributed by atoms with Crippen LogP contribution in [-0.4, -0.2) is 33.4 Å². The van der Waals surface area contributed by atoms with Gasteiger partial charge in [-0.05, 0) is 59.5 Å². The van der Waals surface area contributed by atoms with Crippen molar-refractivity contribution in [3.8, 4) is 17.3 Å². The predicted molar refractivity (Wildman–Crippen MR) is 99.7 cm³/mol. The Labute approximate surface area is 180 Å². The molecular formula is C20H13F7N4O2. The van der Waals surface area contributed by atoms with Crippen molar-refractivity contribution in [3.05, 3.63) is 58.9 Å². The van der Waals surface area contributed by atoms with E-state index in [1.807, 2.05) is 0 Å². The van der Waals surface area contributed by atoms with Gasteiger partial charge in [-0.1, -0.05) is 6.07 Å². The fourth-order valence-electron chi connectivity index (χ4n) is 3.22. The maximum absolute atomic E-state index is 14.5. The number of furan rings is 1. The Kier molecular flexibility index (Phi) is 5.72. The fourth-order valence-corrected chi connectivity index (χ4v) is 3.22. The summed E-state index contributed by atoms with van der Waals surface area (Å²) < 4.78 is 101. The second-order valence-electron chi connectivity index (χ2n) is 7.07. The Balaban J connectivity index is 1.54. The third-order valence-electron chi connectivity index (χ3n) is 4.64. The summed E-state index contributed by atoms with van der Waals surface area (Å²) >= 11 is 0. The van der Waals surface area contributed by atoms with Gasteiger partial charge in [0.15, 0.2) is 23.8 Å². The zero-order valence-electron chi connectivity index (χ0n) is 16.4. The van der Waals surface area contributed by atoms with Gasteiger partial charge < -0.3 is 9.15 Å². The van der Waals surface area contributed by atoms with Crippen LogP contribution in [0.5, 0.6) is 5.75 Å². The van der Waals surface area contributed by atoms with Gasteiger partial charge in [-0.2, -0.15) is 31.6 Å². The van der Waals surface area contributed by atoms with Gasteiger partial charge in [0.2, 0.25) is 5.82 Å². The molecule has 0 amide bonds. The molecule has 0 atom stereocenters. The summed E-state index contributed by atoms with van der Waals surface area (Å²) in [4.78, 5) is 0. The van der Waals surface area contributed by atoms with Crippen molar-refractivity contribution < 1.29 is 39.9 Å². The molecule has 13 heteroatoms. The number of hydrogen-bond donors (Lipinski definition) is 1. The average Bonchev–Trinajstić information content (AvgIpc) is 3.39. The van der Waals surface area contributed by atoms with Crippen molar-refractivity contribution in [2.75, 3.05) is 6.61 Å². The fraction of sp³-hybridized carbons (Fsp3) is 0.250. The molecule has 33 heavy (non-hydrogen) atoms. The number of ether oxygens (including phenoxy) is 1. The predicted octanol–water partition coefficient (Wildman–Crippen LogP) is 5.50. The molecule has 0 radical (unpaired) electrons. The summed E-state index contributed by atoms with van der Waals surface area (Å²) in [7, 11) is 0. The van der Waals surface area contributed by atoms with Crippen molar-refractivity contribution in [3.63, 3.8) is 0 Å². The number of halogens is 7. The molecule has 0 saturated heterocycles. The Morgan fingerprint density at radius 3 is 2.36 bits per heavy atom. The van der Waals surface area contributed by atoms with E-state index in [9.17, 15) is 30.7 Å². The molecule has 0 fully saturated rings. The molecule has 4 aromatic rings. The number of fused-ring (bicyclic) bond motifs is 1. The first kappa shape index (κ1) is 22.6. The topological polar surface area (TPSA) is 76.8 Å². The summed E-state index contributed by atoms with van der Waals surface area (Å²) in [5.41, 5.74) is -0.678. The zero-order valence-corrected chi connectivity index (χ0v) is 16.4. The highest BCUT2D eigenvalue weighted by molar-refractivity contribution is 5.82. The van der Waals surface area contributed by atoms with E-state index in [-0.39, 0.29) is 35.6 Å². The lowest BCUT2D eigenvalue weighted by atomic mass is 10.0. The van der Waals surface area contributed by atoms with Crippen molar-refractivity contribution in [2.24, 2.45) is 0 Å². The maximum atomic E-state index is 14.5. The second-order valence-corrected chi connectivity index (χ2v) is 7.07. The van der Waals surface area contributed by atoms with Gasteiger partial charge in [0.05, 0.1) is 5.56 Å². The summed E-state index contributed by atoms with van der Waals surface area (Å²) in [6.45, 7) is -1.84. The molecule has 6 nitrogen and oxygen atoms in total. The quantitative estimate of drug-likeness (QED) is 0.374. The first-order valence-corrected chi connectivity index (χ1v) is 9.35. The van der Waals surface area contributed by atoms with Crippen LogP contribution in [0.3, 0.4) is 0 Å². The molecule has 0 aliphatic heterocycles. The van der Waals surface area contributed by atoms with Crippen LogP contribution in [0, 0.1) is 5.82 Å². The maximum Gasteiger partial charge on any atom is 0.422 e. The smallest absolute Gasteiger partial charge is 0.422 e. The summed E-state index contributed by atoms with van der Waals surface area (Å²) in [6, 6.07) is 7.12. The van der Waals surface area contributed by atoms with Gasteiger partial charge >= 0.3 is 12.4 Å². The number of benzene rings is 2. The van der Waals surface area contributed by atoms with Crippen molar-refractivity contribution in [2.45, 2.75) is 25.2 Å². The van der Waals surface area contributed by atoms with Crippen LogP contribution in [0.1, 0.15) is 16.7 Å². The molecule has 174 valence electrons. The monoisotopic (exact) mass is 474 g/mol. The van der Waals surface area contributed by atoms with Gasteiger partial charge in [0.1, 0.15) is 5.75 Å². The number of nitrogens with zero attached hydrogens (tertiary/aromatic N) is 3. The highest BCUT2D eigenvalue weighted by Crippen LogP contribution is 2.38. The molecular weight excluding hydrogens is 461 g/mol. The van der Waals surface area contributed by atoms with Gasteiger partial charge in [-0.25, -0.2) is 4.39 Å². The SMILES string of the molecule is Fc1cc(CCc2ccc(OCC(F)(F)F)c(C(F)(F)F)c2)cc2cc(-c3nn[nH]n3)oc12. The lowest BCUT2D eigenvalue weighted by Gasteiger charge is -2.16. The number of aromatic nitrogens is 4. The van der Waals surface area contributed by atoms with Gasteiger partial charge in [-0.15, -0.1) is 10.2 Å². The lowest BCUT2D eigenvalue weighted by Crippen LogP contribution is -2.21. The molecule has 0 aliphatic carbocycles. The third kappa shape index (κ3) is 5.23. The molecule has 1 N–H and O–H groups in total. The molecule has 0 saturated carbocycles. The van der Waals surface area contributed by atoms with E-state index < -0.39 is 36.1 Å². The van der Waals surface area contributed by atoms with Crippen molar-refractivity contribution in [1.82, 2.24) is 20.6 Å². The number of nitrogens with one attached hydrogen (secondary N) is 1. The number of hydrogen-bond acceptors (Lipinski definition) is 5. The molecule has 2 heterocycles. The van der Waals surface area contributed by atoms with E-state index in [0.717, 1.165) is 12.1 Å². The van der Waals surface area contributed by atoms with Crippen molar-refractivity contribution >= 4 is 11.0 Å². The summed E-state index contributed by atoms with van der Waals surface area (Å²) in [6.07, 6.45) is -9.45. The van der Waals surface area contributed by atoms with Crippen molar-refractivity contribution in [1.29, 1.82) is 0 Å². The minimum atomic E-state index is -4.91. The number of rotatable bonds is 6. The second kappa shape index (κ2) is 8.37. The van der Waals surface area contributed by atoms with Gasteiger partial charge in [0.25, 0.3) is 0 Å². The average molecular weight is 474 g/mol. The van der Waals surface area contributed by atoms with Gasteiger partial charge in [-0.3, -0.25) is 0 Å². The minimum Gasteiger partial charge on any atom is -0.483 e. The normalized spacial score (nSPS) is 12.5. The van der Waals surface area contributed by atoms with Gasteiger partial charge in [0, 0.05) is 5.39 Å². The van der Waals surface area contributed by atoms with Crippen LogP contribution >= 0.6 is 0 Å². The Morgan fingerprint density at radius 1 is 0.939 bits per heavy atom. The van der Waals surface area contributed by atoms with Crippen LogP contribution in [0.2, 0.25) is 0 Å². The van der Waals surface area contributed by atoms with Crippen LogP contribution in [-0.2, 0) is 19.0 Å². The first-order valence-electron chi connectivity index (χ1n) is 9.35. The van der Waals surface area contributed by atoms with E-state index in [1.165, 1.54) is 18.2 Å². The molecule has 2 aromatic heterocycles. The van der Waals surface area contributed by atoms with E-state index in [4.69, 9.17) is 4.42 Å². The molecule has 2 aromatic carbocycles. The molecule has 0 aliphatic rings. The van der Waals surface area contributed by atoms with E-state index in [1.54, 1.807) is 6.07 Å². The van der Waals surface area contributed by atoms with Crippen LogP contribution in [0.15, 0.2) is 40.8 Å². The largest absolute Gasteiger partial charge is 0.483 e. The van der Waals surface area contributed by atoms with E-state index in [0.29, 0.717) is 10.9 Å². The molecule has 0 spiro atoms. The van der Waals surface area contributed by atoms with Crippen LogP contribution in [0.25, 0.3) is 22.6 Å². The Morgan fingerprint density at radius 2 is 1.70 bits per heavy atom. The number of aromatic amines is 1. The summed E-state index contributed by atoms with van der Waals surface area (Å²) in [5.74, 6) is -1.29. The molecule has 0 bridgehead atoms. The van der Waals surface area contributed by atoms with Crippen LogP contribution < -0.4 is 4.74 Å². The zero-order chi connectivity index (χ0) is 23.8. The number of aryl methyl sites for hydroxylation is 2. The highest BCUT2D eigenvalue weighted by Gasteiger charge is 2.36. The van der Waals surface area contributed by atoms with Crippen LogP contribution in [0.4, 0.5) is 30.7 Å².